The minimum Gasteiger partial charge on any atom is -0.466 e. The molecule has 192 valence electrons. The highest BCUT2D eigenvalue weighted by molar-refractivity contribution is 5.69. The number of carbonyl (C=O) groups excluding carboxylic acids is 1. The van der Waals surface area contributed by atoms with Crippen LogP contribution < -0.4 is 0 Å². The lowest BCUT2D eigenvalue weighted by Gasteiger charge is -2.09. The lowest BCUT2D eigenvalue weighted by Crippen LogP contribution is -2.53. The maximum atomic E-state index is 11.6. The molecule has 0 fully saturated rings. The number of nitro groups is 3. The monoisotopic (exact) mass is 475 g/mol. The number of nitrogens with zero attached hydrogens (tertiary/aromatic N) is 3. The zero-order chi connectivity index (χ0) is 25.0. The van der Waals surface area contributed by atoms with Crippen LogP contribution in [0, 0.1) is 30.3 Å². The van der Waals surface area contributed by atoms with E-state index in [1.54, 1.807) is 0 Å². The molecular formula is C22H41N3O8. The van der Waals surface area contributed by atoms with Crippen LogP contribution in [0.2, 0.25) is 0 Å². The Morgan fingerprint density at radius 1 is 0.636 bits per heavy atom. The van der Waals surface area contributed by atoms with Gasteiger partial charge in [0.1, 0.15) is 0 Å². The molecule has 0 rings (SSSR count). The molecule has 0 aromatic rings. The zero-order valence-corrected chi connectivity index (χ0v) is 20.0. The summed E-state index contributed by atoms with van der Waals surface area (Å²) in [6.45, 7) is 2.33. The average Bonchev–Trinajstić information content (AvgIpc) is 2.75. The maximum absolute atomic E-state index is 11.6. The van der Waals surface area contributed by atoms with Gasteiger partial charge in [0.05, 0.1) is 13.0 Å². The zero-order valence-electron chi connectivity index (χ0n) is 20.0. The summed E-state index contributed by atoms with van der Waals surface area (Å²) in [6, 6.07) is 0. The van der Waals surface area contributed by atoms with Gasteiger partial charge in [-0.1, -0.05) is 103 Å². The molecule has 0 atom stereocenters. The van der Waals surface area contributed by atoms with Crippen LogP contribution in [0.1, 0.15) is 122 Å². The fraction of sp³-hybridized carbons (Fsp3) is 0.955. The number of esters is 1. The second kappa shape index (κ2) is 19.2. The van der Waals surface area contributed by atoms with Gasteiger partial charge in [-0.2, -0.15) is 0 Å². The molecule has 0 spiro atoms. The van der Waals surface area contributed by atoms with Gasteiger partial charge in [-0.05, 0) is 6.42 Å². The van der Waals surface area contributed by atoms with Gasteiger partial charge in [-0.15, -0.1) is 0 Å². The Hall–Kier alpha value is -2.33. The average molecular weight is 476 g/mol. The number of hydrogen-bond donors (Lipinski definition) is 0. The molecule has 0 saturated heterocycles. The quantitative estimate of drug-likeness (QED) is 0.0567. The molecule has 0 amide bonds. The largest absolute Gasteiger partial charge is 0.700 e. The summed E-state index contributed by atoms with van der Waals surface area (Å²) in [6.07, 6.45) is 17.5. The normalized spacial score (nSPS) is 11.3. The smallest absolute Gasteiger partial charge is 0.466 e. The number of hydrogen-bond acceptors (Lipinski definition) is 8. The van der Waals surface area contributed by atoms with Crippen molar-refractivity contribution in [3.05, 3.63) is 30.3 Å². The summed E-state index contributed by atoms with van der Waals surface area (Å²) in [5.74, 6) is -4.53. The van der Waals surface area contributed by atoms with E-state index >= 15 is 0 Å². The van der Waals surface area contributed by atoms with E-state index in [1.165, 1.54) is 77.0 Å². The van der Waals surface area contributed by atoms with Crippen molar-refractivity contribution < 1.29 is 24.3 Å². The van der Waals surface area contributed by atoms with Gasteiger partial charge in [0.15, 0.2) is 21.2 Å². The molecule has 0 N–H and O–H groups in total. The predicted octanol–water partition coefficient (Wildman–Crippen LogP) is 6.06. The van der Waals surface area contributed by atoms with E-state index in [9.17, 15) is 35.1 Å². The first-order valence-electron chi connectivity index (χ1n) is 12.4. The SMILES string of the molecule is CCCCCCCCCCCCCCCCCCOC(=O)CCC([N+](=O)[O-])([N+](=O)[O-])[N+](=O)[O-]. The van der Waals surface area contributed by atoms with Crippen LogP contribution in [0.25, 0.3) is 0 Å². The van der Waals surface area contributed by atoms with Crippen LogP contribution in [-0.2, 0) is 9.53 Å². The summed E-state index contributed by atoms with van der Waals surface area (Å²) in [5.41, 5.74) is 0. The molecule has 0 aromatic heterocycles. The minimum absolute atomic E-state index is 0.0969. The van der Waals surface area contributed by atoms with E-state index < -0.39 is 39.4 Å². The van der Waals surface area contributed by atoms with E-state index in [0.29, 0.717) is 6.42 Å². The Morgan fingerprint density at radius 2 is 0.970 bits per heavy atom. The third-order valence-corrected chi connectivity index (χ3v) is 5.80. The second-order valence-electron chi connectivity index (χ2n) is 8.57. The maximum Gasteiger partial charge on any atom is 0.700 e. The topological polar surface area (TPSA) is 156 Å². The second-order valence-corrected chi connectivity index (χ2v) is 8.57. The first-order chi connectivity index (χ1) is 15.8. The summed E-state index contributed by atoms with van der Waals surface area (Å²) < 4.78 is 4.89. The van der Waals surface area contributed by atoms with Crippen molar-refractivity contribution in [3.63, 3.8) is 0 Å². The van der Waals surface area contributed by atoms with Gasteiger partial charge >= 0.3 is 11.8 Å². The van der Waals surface area contributed by atoms with Gasteiger partial charge in [0.2, 0.25) is 0 Å². The van der Waals surface area contributed by atoms with Gasteiger partial charge in [-0.25, -0.2) is 0 Å². The highest BCUT2D eigenvalue weighted by atomic mass is 16.7. The third kappa shape index (κ3) is 13.7. The van der Waals surface area contributed by atoms with Crippen LogP contribution in [0.4, 0.5) is 0 Å². The van der Waals surface area contributed by atoms with E-state index in [2.05, 4.69) is 6.92 Å². The van der Waals surface area contributed by atoms with Crippen LogP contribution >= 0.6 is 0 Å². The Morgan fingerprint density at radius 3 is 1.30 bits per heavy atom. The number of unbranched alkanes of at least 4 members (excludes halogenated alkanes) is 15. The molecule has 11 heteroatoms. The van der Waals surface area contributed by atoms with Crippen LogP contribution in [0.3, 0.4) is 0 Å². The van der Waals surface area contributed by atoms with Crippen molar-refractivity contribution in [2.24, 2.45) is 0 Å². The molecule has 0 saturated carbocycles. The van der Waals surface area contributed by atoms with Crippen molar-refractivity contribution >= 4 is 5.97 Å². The molecule has 33 heavy (non-hydrogen) atoms. The summed E-state index contributed by atoms with van der Waals surface area (Å²) >= 11 is 0. The number of carbonyl (C=O) groups is 1. The molecule has 0 heterocycles. The van der Waals surface area contributed by atoms with Gasteiger partial charge in [-0.3, -0.25) is 35.1 Å². The molecule has 0 unspecified atom stereocenters. The molecule has 0 aromatic carbocycles. The number of ether oxygens (including phenoxy) is 1. The van der Waals surface area contributed by atoms with Crippen molar-refractivity contribution in [2.75, 3.05) is 6.61 Å². The molecular weight excluding hydrogens is 434 g/mol. The van der Waals surface area contributed by atoms with E-state index in [1.807, 2.05) is 0 Å². The fourth-order valence-electron chi connectivity index (χ4n) is 3.65. The molecule has 0 aliphatic rings. The predicted molar refractivity (Wildman–Crippen MR) is 123 cm³/mol. The van der Waals surface area contributed by atoms with Crippen molar-refractivity contribution in [2.45, 2.75) is 128 Å². The molecule has 0 aliphatic carbocycles. The standard InChI is InChI=1S/C22H41N3O8/c1-2-3-4-5-6-7-8-9-10-11-12-13-14-15-16-17-20-33-21(26)18-19-22(23(27)28,24(29)30)25(31)32/h2-20H2,1H3. The minimum atomic E-state index is -3.62. The number of rotatable bonds is 23. The highest BCUT2D eigenvalue weighted by Gasteiger charge is 2.69. The van der Waals surface area contributed by atoms with E-state index in [-0.39, 0.29) is 6.61 Å². The highest BCUT2D eigenvalue weighted by Crippen LogP contribution is 2.20. The Kier molecular flexibility index (Phi) is 17.8. The van der Waals surface area contributed by atoms with Gasteiger partial charge in [0.25, 0.3) is 0 Å². The van der Waals surface area contributed by atoms with Gasteiger partial charge < -0.3 is 4.74 Å². The summed E-state index contributed by atoms with van der Waals surface area (Å²) in [5, 5.41) is 32.4. The Balaban J connectivity index is 3.61. The molecule has 0 aliphatic heterocycles. The first kappa shape index (κ1) is 30.7. The lowest BCUT2D eigenvalue weighted by molar-refractivity contribution is -0.970. The van der Waals surface area contributed by atoms with Crippen LogP contribution in [0.5, 0.6) is 0 Å². The van der Waals surface area contributed by atoms with E-state index in [4.69, 9.17) is 4.74 Å². The molecule has 0 radical (unpaired) electrons. The van der Waals surface area contributed by atoms with Crippen molar-refractivity contribution in [3.8, 4) is 0 Å². The lowest BCUT2D eigenvalue weighted by atomic mass is 10.0. The first-order valence-corrected chi connectivity index (χ1v) is 12.4. The Labute approximate surface area is 196 Å². The van der Waals surface area contributed by atoms with Gasteiger partial charge in [0, 0.05) is 0 Å². The fourth-order valence-corrected chi connectivity index (χ4v) is 3.65. The van der Waals surface area contributed by atoms with Crippen molar-refractivity contribution in [1.29, 1.82) is 0 Å². The summed E-state index contributed by atoms with van der Waals surface area (Å²) in [7, 11) is 0. The molecule has 11 nitrogen and oxygen atoms in total. The van der Waals surface area contributed by atoms with E-state index in [0.717, 1.165) is 19.3 Å². The Bertz CT molecular complexity index is 550. The van der Waals surface area contributed by atoms with Crippen LogP contribution in [-0.4, -0.2) is 33.1 Å². The summed E-state index contributed by atoms with van der Waals surface area (Å²) in [4.78, 5) is 39.3. The molecule has 0 bridgehead atoms. The third-order valence-electron chi connectivity index (χ3n) is 5.80. The van der Waals surface area contributed by atoms with Crippen molar-refractivity contribution in [1.82, 2.24) is 0 Å². The van der Waals surface area contributed by atoms with Crippen LogP contribution in [0.15, 0.2) is 0 Å².